The number of benzene rings is 2. The highest BCUT2D eigenvalue weighted by Gasteiger charge is 2.32. The van der Waals surface area contributed by atoms with Crippen LogP contribution in [0.4, 0.5) is 5.69 Å². The molecular formula is C17H17ClINO3S. The average molecular weight is 478 g/mol. The number of hydrogen-bond donors (Lipinski definition) is 0. The molecule has 0 spiro atoms. The first-order valence-electron chi connectivity index (χ1n) is 7.14. The molecule has 0 heterocycles. The highest BCUT2D eigenvalue weighted by molar-refractivity contribution is 14.1. The van der Waals surface area contributed by atoms with Crippen molar-refractivity contribution >= 4 is 55.8 Å². The molecule has 0 aliphatic carbocycles. The fraction of sp³-hybridized carbons (Fsp3) is 0.235. The normalized spacial score (nSPS) is 11.4. The lowest BCUT2D eigenvalue weighted by atomic mass is 10.1. The minimum atomic E-state index is -4.03. The second kappa shape index (κ2) is 7.01. The van der Waals surface area contributed by atoms with E-state index in [0.29, 0.717) is 25.4 Å². The second-order valence-electron chi connectivity index (χ2n) is 5.61. The fourth-order valence-corrected chi connectivity index (χ4v) is 5.93. The molecule has 2 rings (SSSR count). The monoisotopic (exact) mass is 477 g/mol. The number of halogens is 2. The van der Waals surface area contributed by atoms with Crippen LogP contribution in [0.3, 0.4) is 0 Å². The van der Waals surface area contributed by atoms with Crippen molar-refractivity contribution in [3.8, 4) is 0 Å². The minimum Gasteiger partial charge on any atom is -0.274 e. The number of carbonyl (C=O) groups is 1. The number of anilines is 1. The molecule has 0 N–H and O–H groups in total. The lowest BCUT2D eigenvalue weighted by Gasteiger charge is -2.24. The van der Waals surface area contributed by atoms with Crippen LogP contribution in [0, 0.1) is 24.3 Å². The third-order valence-electron chi connectivity index (χ3n) is 3.52. The smallest absolute Gasteiger partial charge is 0.271 e. The summed E-state index contributed by atoms with van der Waals surface area (Å²) in [5.41, 5.74) is 2.50. The van der Waals surface area contributed by atoms with Gasteiger partial charge in [0.15, 0.2) is 0 Å². The van der Waals surface area contributed by atoms with Gasteiger partial charge in [0.05, 0.1) is 10.6 Å². The number of rotatable bonds is 3. The van der Waals surface area contributed by atoms with Gasteiger partial charge in [0, 0.05) is 15.5 Å². The van der Waals surface area contributed by atoms with Crippen LogP contribution < -0.4 is 4.31 Å². The van der Waals surface area contributed by atoms with Crippen LogP contribution in [0.15, 0.2) is 35.2 Å². The minimum absolute atomic E-state index is 0.161. The summed E-state index contributed by atoms with van der Waals surface area (Å²) < 4.78 is 27.9. The van der Waals surface area contributed by atoms with Gasteiger partial charge in [-0.25, -0.2) is 12.7 Å². The molecular weight excluding hydrogens is 461 g/mol. The number of hydrogen-bond acceptors (Lipinski definition) is 3. The Morgan fingerprint density at radius 3 is 2.08 bits per heavy atom. The van der Waals surface area contributed by atoms with Crippen molar-refractivity contribution in [3.05, 3.63) is 55.6 Å². The van der Waals surface area contributed by atoms with Gasteiger partial charge in [-0.2, -0.15) is 0 Å². The predicted octanol–water partition coefficient (Wildman–Crippen LogP) is 4.61. The molecule has 0 bridgehead atoms. The largest absolute Gasteiger partial charge is 0.274 e. The van der Waals surface area contributed by atoms with Crippen LogP contribution in [-0.4, -0.2) is 14.3 Å². The van der Waals surface area contributed by atoms with Crippen molar-refractivity contribution in [2.75, 3.05) is 4.31 Å². The third kappa shape index (κ3) is 3.60. The van der Waals surface area contributed by atoms with Crippen molar-refractivity contribution in [1.29, 1.82) is 0 Å². The molecule has 4 nitrogen and oxygen atoms in total. The molecule has 0 aromatic heterocycles. The van der Waals surface area contributed by atoms with Crippen molar-refractivity contribution < 1.29 is 13.2 Å². The van der Waals surface area contributed by atoms with Gasteiger partial charge in [-0.1, -0.05) is 29.3 Å². The maximum atomic E-state index is 13.2. The van der Waals surface area contributed by atoms with Crippen LogP contribution in [0.2, 0.25) is 5.02 Å². The molecule has 0 atom stereocenters. The molecule has 24 heavy (non-hydrogen) atoms. The van der Waals surface area contributed by atoms with E-state index in [4.69, 9.17) is 11.6 Å². The van der Waals surface area contributed by atoms with Crippen LogP contribution in [0.5, 0.6) is 0 Å². The van der Waals surface area contributed by atoms with Gasteiger partial charge in [0.25, 0.3) is 10.0 Å². The molecule has 128 valence electrons. The second-order valence-corrected chi connectivity index (χ2v) is 8.93. The van der Waals surface area contributed by atoms with Gasteiger partial charge in [0.2, 0.25) is 5.91 Å². The van der Waals surface area contributed by atoms with Crippen LogP contribution in [0.1, 0.15) is 23.6 Å². The Labute approximate surface area is 161 Å². The van der Waals surface area contributed by atoms with E-state index in [2.05, 4.69) is 0 Å². The van der Waals surface area contributed by atoms with E-state index < -0.39 is 15.9 Å². The molecule has 0 fully saturated rings. The first kappa shape index (κ1) is 19.2. The molecule has 0 radical (unpaired) electrons. The van der Waals surface area contributed by atoms with Crippen molar-refractivity contribution in [2.24, 2.45) is 0 Å². The van der Waals surface area contributed by atoms with Crippen LogP contribution in [-0.2, 0) is 14.8 Å². The Morgan fingerprint density at radius 2 is 1.62 bits per heavy atom. The summed E-state index contributed by atoms with van der Waals surface area (Å²) in [6.07, 6.45) is 0. The van der Waals surface area contributed by atoms with E-state index in [1.54, 1.807) is 44.2 Å². The molecule has 2 aromatic rings. The van der Waals surface area contributed by atoms with Crippen LogP contribution >= 0.6 is 34.2 Å². The lowest BCUT2D eigenvalue weighted by Crippen LogP contribution is -2.36. The fourth-order valence-electron chi connectivity index (χ4n) is 2.78. The van der Waals surface area contributed by atoms with Crippen molar-refractivity contribution in [3.63, 3.8) is 0 Å². The Morgan fingerprint density at radius 1 is 1.08 bits per heavy atom. The Bertz CT molecular complexity index is 902. The number of amides is 1. The maximum absolute atomic E-state index is 13.2. The summed E-state index contributed by atoms with van der Waals surface area (Å²) >= 11 is 7.92. The summed E-state index contributed by atoms with van der Waals surface area (Å²) in [6.45, 7) is 6.61. The number of sulfonamides is 1. The topological polar surface area (TPSA) is 54.5 Å². The van der Waals surface area contributed by atoms with Gasteiger partial charge in [0.1, 0.15) is 0 Å². The Kier molecular flexibility index (Phi) is 5.61. The Balaban J connectivity index is 2.74. The molecule has 1 amide bonds. The van der Waals surface area contributed by atoms with E-state index in [-0.39, 0.29) is 4.90 Å². The zero-order valence-electron chi connectivity index (χ0n) is 13.7. The van der Waals surface area contributed by atoms with E-state index in [1.165, 1.54) is 6.92 Å². The van der Waals surface area contributed by atoms with Crippen molar-refractivity contribution in [2.45, 2.75) is 32.6 Å². The molecule has 2 aromatic carbocycles. The zero-order chi connectivity index (χ0) is 18.2. The molecule has 0 aliphatic heterocycles. The number of carbonyl (C=O) groups excluding carboxylic acids is 1. The maximum Gasteiger partial charge on any atom is 0.271 e. The summed E-state index contributed by atoms with van der Waals surface area (Å²) in [5, 5.41) is 0.478. The van der Waals surface area contributed by atoms with Gasteiger partial charge in [-0.3, -0.25) is 4.79 Å². The first-order valence-corrected chi connectivity index (χ1v) is 10.0. The summed E-state index contributed by atoms with van der Waals surface area (Å²) in [5.74, 6) is -0.574. The Hall–Kier alpha value is -1.12. The van der Waals surface area contributed by atoms with Gasteiger partial charge in [-0.15, -0.1) is 0 Å². The molecule has 0 saturated carbocycles. The molecule has 0 saturated heterocycles. The zero-order valence-corrected chi connectivity index (χ0v) is 17.5. The van der Waals surface area contributed by atoms with Crippen LogP contribution in [0.25, 0.3) is 0 Å². The molecule has 0 aliphatic rings. The van der Waals surface area contributed by atoms with Crippen molar-refractivity contribution in [1.82, 2.24) is 0 Å². The number of nitrogens with zero attached hydrogens (tertiary/aromatic N) is 1. The number of aryl methyl sites for hydroxylation is 3. The SMILES string of the molecule is CC(=O)N(c1ccc(Cl)cc1I)S(=O)(=O)c1c(C)cc(C)cc1C. The predicted molar refractivity (Wildman–Crippen MR) is 105 cm³/mol. The van der Waals surface area contributed by atoms with E-state index >= 15 is 0 Å². The van der Waals surface area contributed by atoms with E-state index in [9.17, 15) is 13.2 Å². The van der Waals surface area contributed by atoms with Gasteiger partial charge < -0.3 is 0 Å². The summed E-state index contributed by atoms with van der Waals surface area (Å²) in [4.78, 5) is 12.4. The van der Waals surface area contributed by atoms with Gasteiger partial charge in [-0.05, 0) is 72.7 Å². The third-order valence-corrected chi connectivity index (χ3v) is 6.71. The highest BCUT2D eigenvalue weighted by Crippen LogP contribution is 2.33. The first-order chi connectivity index (χ1) is 11.1. The highest BCUT2D eigenvalue weighted by atomic mass is 127. The van der Waals surface area contributed by atoms with E-state index in [0.717, 1.165) is 9.87 Å². The average Bonchev–Trinajstić information content (AvgIpc) is 2.39. The molecule has 7 heteroatoms. The lowest BCUT2D eigenvalue weighted by molar-refractivity contribution is -0.115. The van der Waals surface area contributed by atoms with E-state index in [1.807, 2.05) is 29.5 Å². The summed E-state index contributed by atoms with van der Waals surface area (Å²) in [7, 11) is -4.03. The quantitative estimate of drug-likeness (QED) is 0.607. The standard InChI is InChI=1S/C17H17ClINO3S/c1-10-7-11(2)17(12(3)8-10)24(22,23)20(13(4)21)16-6-5-14(18)9-15(16)19/h5-9H,1-4H3. The molecule has 0 unspecified atom stereocenters. The van der Waals surface area contributed by atoms with Gasteiger partial charge >= 0.3 is 0 Å². The summed E-state index contributed by atoms with van der Waals surface area (Å²) in [6, 6.07) is 8.33.